The SMILES string of the molecule is COc1ccccc1NC(=S)N/N=C(C)/C=C/C1C(C)=CCCC1(C)C. The lowest BCUT2D eigenvalue weighted by Gasteiger charge is -2.36. The van der Waals surface area contributed by atoms with Crippen LogP contribution in [0.2, 0.25) is 0 Å². The molecular formula is C21H29N3OS. The maximum absolute atomic E-state index is 5.31. The zero-order valence-electron chi connectivity index (χ0n) is 16.3. The summed E-state index contributed by atoms with van der Waals surface area (Å²) in [5, 5.41) is 7.87. The summed E-state index contributed by atoms with van der Waals surface area (Å²) in [6.45, 7) is 8.84. The van der Waals surface area contributed by atoms with Crippen LogP contribution >= 0.6 is 12.2 Å². The molecule has 0 aromatic heterocycles. The van der Waals surface area contributed by atoms with Gasteiger partial charge in [-0.05, 0) is 62.5 Å². The summed E-state index contributed by atoms with van der Waals surface area (Å²) in [4.78, 5) is 0. The maximum Gasteiger partial charge on any atom is 0.191 e. The van der Waals surface area contributed by atoms with E-state index in [9.17, 15) is 0 Å². The number of benzene rings is 1. The Balaban J connectivity index is 1.96. The molecule has 0 radical (unpaired) electrons. The molecule has 0 fully saturated rings. The minimum Gasteiger partial charge on any atom is -0.495 e. The summed E-state index contributed by atoms with van der Waals surface area (Å²) in [5.41, 5.74) is 6.29. The molecule has 1 aromatic rings. The van der Waals surface area contributed by atoms with E-state index in [2.05, 4.69) is 54.8 Å². The Labute approximate surface area is 162 Å². The lowest BCUT2D eigenvalue weighted by atomic mass is 9.68. The monoisotopic (exact) mass is 371 g/mol. The average molecular weight is 372 g/mol. The van der Waals surface area contributed by atoms with Gasteiger partial charge < -0.3 is 10.1 Å². The Morgan fingerprint density at radius 2 is 2.08 bits per heavy atom. The highest BCUT2D eigenvalue weighted by atomic mass is 32.1. The van der Waals surface area contributed by atoms with Crippen LogP contribution in [0.15, 0.2) is 53.2 Å². The van der Waals surface area contributed by atoms with Crippen molar-refractivity contribution in [2.24, 2.45) is 16.4 Å². The van der Waals surface area contributed by atoms with Crippen molar-refractivity contribution in [3.05, 3.63) is 48.1 Å². The van der Waals surface area contributed by atoms with E-state index in [1.165, 1.54) is 18.4 Å². The third-order valence-corrected chi connectivity index (χ3v) is 5.00. The average Bonchev–Trinajstić information content (AvgIpc) is 2.59. The van der Waals surface area contributed by atoms with Crippen LogP contribution in [0.4, 0.5) is 5.69 Å². The molecule has 1 aliphatic carbocycles. The number of rotatable bonds is 5. The van der Waals surface area contributed by atoms with Crippen LogP contribution in [0.25, 0.3) is 0 Å². The third-order valence-electron chi connectivity index (χ3n) is 4.81. The van der Waals surface area contributed by atoms with Crippen LogP contribution in [0.5, 0.6) is 5.75 Å². The second kappa shape index (κ2) is 8.99. The molecule has 0 bridgehead atoms. The quantitative estimate of drug-likeness (QED) is 0.319. The number of hydrogen-bond donors (Lipinski definition) is 2. The van der Waals surface area contributed by atoms with E-state index in [1.54, 1.807) is 7.11 Å². The molecule has 0 aliphatic heterocycles. The van der Waals surface area contributed by atoms with Gasteiger partial charge in [-0.1, -0.05) is 43.7 Å². The highest BCUT2D eigenvalue weighted by Gasteiger charge is 2.30. The molecule has 0 heterocycles. The smallest absolute Gasteiger partial charge is 0.191 e. The van der Waals surface area contributed by atoms with Crippen LogP contribution in [0, 0.1) is 11.3 Å². The molecule has 0 saturated heterocycles. The Bertz CT molecular complexity index is 735. The standard InChI is InChI=1S/C21H29N3OS/c1-15-9-8-14-21(3,4)17(15)13-12-16(2)23-24-20(26)22-18-10-6-7-11-19(18)25-5/h6-7,9-13,17H,8,14H2,1-5H3,(H2,22,24,26)/b13-12+,23-16+. The number of nitrogens with zero attached hydrogens (tertiary/aromatic N) is 1. The highest BCUT2D eigenvalue weighted by Crippen LogP contribution is 2.41. The summed E-state index contributed by atoms with van der Waals surface area (Å²) in [7, 11) is 1.63. The number of hydrogen-bond acceptors (Lipinski definition) is 3. The summed E-state index contributed by atoms with van der Waals surface area (Å²) >= 11 is 5.31. The third kappa shape index (κ3) is 5.43. The molecule has 140 valence electrons. The number of anilines is 1. The summed E-state index contributed by atoms with van der Waals surface area (Å²) < 4.78 is 5.30. The van der Waals surface area contributed by atoms with Gasteiger partial charge in [0.05, 0.1) is 18.5 Å². The molecule has 1 aromatic carbocycles. The lowest BCUT2D eigenvalue weighted by Crippen LogP contribution is -2.26. The summed E-state index contributed by atoms with van der Waals surface area (Å²) in [6.07, 6.45) is 9.04. The molecule has 2 rings (SSSR count). The molecule has 26 heavy (non-hydrogen) atoms. The fourth-order valence-electron chi connectivity index (χ4n) is 3.29. The first-order chi connectivity index (χ1) is 12.3. The molecule has 1 atom stereocenters. The van der Waals surface area contributed by atoms with E-state index < -0.39 is 0 Å². The van der Waals surface area contributed by atoms with E-state index >= 15 is 0 Å². The lowest BCUT2D eigenvalue weighted by molar-refractivity contribution is 0.255. The van der Waals surface area contributed by atoms with E-state index in [0.29, 0.717) is 11.0 Å². The van der Waals surface area contributed by atoms with E-state index in [-0.39, 0.29) is 5.41 Å². The summed E-state index contributed by atoms with van der Waals surface area (Å²) in [6, 6.07) is 7.62. The molecule has 0 spiro atoms. The second-order valence-corrected chi connectivity index (χ2v) is 7.74. The first-order valence-corrected chi connectivity index (χ1v) is 9.33. The van der Waals surface area contributed by atoms with Crippen molar-refractivity contribution in [3.8, 4) is 5.75 Å². The Morgan fingerprint density at radius 3 is 2.77 bits per heavy atom. The van der Waals surface area contributed by atoms with Crippen LogP contribution in [0.1, 0.15) is 40.5 Å². The van der Waals surface area contributed by atoms with Gasteiger partial charge in [-0.2, -0.15) is 5.10 Å². The zero-order chi connectivity index (χ0) is 19.2. The fourth-order valence-corrected chi connectivity index (χ4v) is 3.45. The van der Waals surface area contributed by atoms with Crippen molar-refractivity contribution in [2.45, 2.75) is 40.5 Å². The van der Waals surface area contributed by atoms with Crippen LogP contribution in [-0.4, -0.2) is 17.9 Å². The first-order valence-electron chi connectivity index (χ1n) is 8.92. The molecule has 0 amide bonds. The van der Waals surface area contributed by atoms with Crippen molar-refractivity contribution in [2.75, 3.05) is 12.4 Å². The number of para-hydroxylation sites is 2. The predicted octanol–water partition coefficient (Wildman–Crippen LogP) is 5.30. The van der Waals surface area contributed by atoms with Gasteiger partial charge in [-0.25, -0.2) is 0 Å². The number of allylic oxidation sites excluding steroid dienone is 4. The zero-order valence-corrected chi connectivity index (χ0v) is 17.1. The molecule has 0 saturated carbocycles. The van der Waals surface area contributed by atoms with Gasteiger partial charge in [0.2, 0.25) is 0 Å². The van der Waals surface area contributed by atoms with Crippen molar-refractivity contribution in [1.29, 1.82) is 0 Å². The molecule has 4 nitrogen and oxygen atoms in total. The molecule has 2 N–H and O–H groups in total. The van der Waals surface area contributed by atoms with Crippen LogP contribution < -0.4 is 15.5 Å². The van der Waals surface area contributed by atoms with Crippen LogP contribution in [-0.2, 0) is 0 Å². The fraction of sp³-hybridized carbons (Fsp3) is 0.429. The normalized spacial score (nSPS) is 19.8. The minimum absolute atomic E-state index is 0.282. The molecule has 1 unspecified atom stereocenters. The number of ether oxygens (including phenoxy) is 1. The Kier molecular flexibility index (Phi) is 6.98. The number of methoxy groups -OCH3 is 1. The van der Waals surface area contributed by atoms with Gasteiger partial charge in [0.15, 0.2) is 5.11 Å². The van der Waals surface area contributed by atoms with E-state index in [0.717, 1.165) is 17.1 Å². The number of hydrazone groups is 1. The predicted molar refractivity (Wildman–Crippen MR) is 115 cm³/mol. The van der Waals surface area contributed by atoms with Gasteiger partial charge in [0, 0.05) is 5.92 Å². The minimum atomic E-state index is 0.282. The second-order valence-electron chi connectivity index (χ2n) is 7.33. The van der Waals surface area contributed by atoms with Crippen molar-refractivity contribution >= 4 is 28.7 Å². The van der Waals surface area contributed by atoms with Gasteiger partial charge in [0.25, 0.3) is 0 Å². The number of nitrogens with one attached hydrogen (secondary N) is 2. The maximum atomic E-state index is 5.31. The van der Waals surface area contributed by atoms with Gasteiger partial charge in [-0.15, -0.1) is 0 Å². The number of thiocarbonyl (C=S) groups is 1. The van der Waals surface area contributed by atoms with Crippen molar-refractivity contribution in [1.82, 2.24) is 5.43 Å². The van der Waals surface area contributed by atoms with Crippen LogP contribution in [0.3, 0.4) is 0 Å². The molecule has 1 aliphatic rings. The van der Waals surface area contributed by atoms with E-state index in [4.69, 9.17) is 17.0 Å². The van der Waals surface area contributed by atoms with Gasteiger partial charge in [-0.3, -0.25) is 5.43 Å². The van der Waals surface area contributed by atoms with Crippen molar-refractivity contribution in [3.63, 3.8) is 0 Å². The largest absolute Gasteiger partial charge is 0.495 e. The first kappa shape index (κ1) is 20.2. The topological polar surface area (TPSA) is 45.6 Å². The molecule has 5 heteroatoms. The Hall–Kier alpha value is -2.14. The molecular weight excluding hydrogens is 342 g/mol. The van der Waals surface area contributed by atoms with E-state index in [1.807, 2.05) is 31.2 Å². The summed E-state index contributed by atoms with van der Waals surface area (Å²) in [5.74, 6) is 1.18. The van der Waals surface area contributed by atoms with Gasteiger partial charge in [0.1, 0.15) is 5.75 Å². The van der Waals surface area contributed by atoms with Crippen molar-refractivity contribution < 1.29 is 4.74 Å². The van der Waals surface area contributed by atoms with Gasteiger partial charge >= 0.3 is 0 Å². The Morgan fingerprint density at radius 1 is 1.35 bits per heavy atom. The highest BCUT2D eigenvalue weighted by molar-refractivity contribution is 7.80.